The Morgan fingerprint density at radius 1 is 1.75 bits per heavy atom. The van der Waals surface area contributed by atoms with Crippen molar-refractivity contribution >= 4 is 5.71 Å². The van der Waals surface area contributed by atoms with Crippen LogP contribution in [0.3, 0.4) is 0 Å². The monoisotopic (exact) mass is 111 g/mol. The standard InChI is InChI=1S/C5H9N3/c6-5-2-1-3-8(7)4-5/h1,3,6H,2,4,7H2. The fourth-order valence-corrected chi connectivity index (χ4v) is 0.668. The Labute approximate surface area is 48.3 Å². The van der Waals surface area contributed by atoms with Gasteiger partial charge in [-0.05, 0) is 0 Å². The maximum Gasteiger partial charge on any atom is 0.0714 e. The predicted octanol–water partition coefficient (Wildman–Crippen LogP) is 0.0993. The normalized spacial score (nSPS) is 19.6. The molecular formula is C5H9N3. The molecule has 1 heterocycles. The van der Waals surface area contributed by atoms with Gasteiger partial charge in [0.1, 0.15) is 0 Å². The number of hydrazine groups is 1. The van der Waals surface area contributed by atoms with Gasteiger partial charge in [0, 0.05) is 18.3 Å². The first kappa shape index (κ1) is 5.31. The highest BCUT2D eigenvalue weighted by atomic mass is 15.4. The number of hydrogen-bond donors (Lipinski definition) is 2. The highest BCUT2D eigenvalue weighted by Gasteiger charge is 2.01. The summed E-state index contributed by atoms with van der Waals surface area (Å²) in [5.41, 5.74) is 0.676. The van der Waals surface area contributed by atoms with E-state index < -0.39 is 0 Å². The summed E-state index contributed by atoms with van der Waals surface area (Å²) in [6.07, 6.45) is 4.43. The number of allylic oxidation sites excluding steroid dienone is 1. The van der Waals surface area contributed by atoms with Gasteiger partial charge in [-0.1, -0.05) is 6.08 Å². The molecule has 0 atom stereocenters. The molecule has 0 fully saturated rings. The third-order valence-corrected chi connectivity index (χ3v) is 1.03. The summed E-state index contributed by atoms with van der Waals surface area (Å²) in [5.74, 6) is 5.33. The zero-order valence-corrected chi connectivity index (χ0v) is 4.59. The van der Waals surface area contributed by atoms with Gasteiger partial charge in [0.15, 0.2) is 0 Å². The van der Waals surface area contributed by atoms with Crippen LogP contribution >= 0.6 is 0 Å². The van der Waals surface area contributed by atoms with E-state index in [9.17, 15) is 0 Å². The molecule has 0 aromatic heterocycles. The lowest BCUT2D eigenvalue weighted by atomic mass is 10.2. The molecule has 8 heavy (non-hydrogen) atoms. The molecule has 44 valence electrons. The van der Waals surface area contributed by atoms with E-state index in [2.05, 4.69) is 0 Å². The van der Waals surface area contributed by atoms with Crippen molar-refractivity contribution in [3.05, 3.63) is 12.3 Å². The molecule has 0 spiro atoms. The van der Waals surface area contributed by atoms with Gasteiger partial charge in [0.25, 0.3) is 0 Å². The van der Waals surface area contributed by atoms with E-state index in [0.29, 0.717) is 12.3 Å². The second-order valence-electron chi connectivity index (χ2n) is 1.86. The topological polar surface area (TPSA) is 53.1 Å². The van der Waals surface area contributed by atoms with Crippen LogP contribution in [0.4, 0.5) is 0 Å². The van der Waals surface area contributed by atoms with E-state index >= 15 is 0 Å². The molecule has 3 N–H and O–H groups in total. The molecule has 0 aliphatic carbocycles. The fraction of sp³-hybridized carbons (Fsp3) is 0.400. The van der Waals surface area contributed by atoms with E-state index in [1.165, 1.54) is 5.01 Å². The van der Waals surface area contributed by atoms with Gasteiger partial charge in [0.05, 0.1) is 6.54 Å². The molecule has 0 aromatic rings. The van der Waals surface area contributed by atoms with Gasteiger partial charge >= 0.3 is 0 Å². The van der Waals surface area contributed by atoms with Crippen LogP contribution in [0, 0.1) is 5.41 Å². The van der Waals surface area contributed by atoms with E-state index in [0.717, 1.165) is 6.42 Å². The molecule has 1 aliphatic heterocycles. The Hall–Kier alpha value is -0.830. The van der Waals surface area contributed by atoms with E-state index in [-0.39, 0.29) is 0 Å². The molecule has 3 heteroatoms. The zero-order chi connectivity index (χ0) is 5.98. The van der Waals surface area contributed by atoms with Gasteiger partial charge < -0.3 is 10.4 Å². The molecule has 0 bridgehead atoms. The highest BCUT2D eigenvalue weighted by Crippen LogP contribution is 1.96. The Morgan fingerprint density at radius 2 is 2.50 bits per heavy atom. The lowest BCUT2D eigenvalue weighted by Crippen LogP contribution is -2.32. The Balaban J connectivity index is 2.54. The summed E-state index contributed by atoms with van der Waals surface area (Å²) in [6, 6.07) is 0. The zero-order valence-electron chi connectivity index (χ0n) is 4.59. The number of nitrogens with one attached hydrogen (secondary N) is 1. The molecule has 1 rings (SSSR count). The first-order valence-corrected chi connectivity index (χ1v) is 2.53. The number of rotatable bonds is 0. The second-order valence-corrected chi connectivity index (χ2v) is 1.86. The third-order valence-electron chi connectivity index (χ3n) is 1.03. The maximum atomic E-state index is 7.15. The van der Waals surface area contributed by atoms with Gasteiger partial charge in [-0.3, -0.25) is 0 Å². The van der Waals surface area contributed by atoms with Gasteiger partial charge in [-0.25, -0.2) is 5.84 Å². The van der Waals surface area contributed by atoms with Crippen LogP contribution in [0.1, 0.15) is 6.42 Å². The quantitative estimate of drug-likeness (QED) is 0.435. The number of nitrogens with two attached hydrogens (primary N) is 1. The molecule has 0 aromatic carbocycles. The first-order chi connectivity index (χ1) is 3.79. The van der Waals surface area contributed by atoms with Crippen LogP contribution in [0.2, 0.25) is 0 Å². The molecule has 0 unspecified atom stereocenters. The minimum absolute atomic E-state index is 0.580. The van der Waals surface area contributed by atoms with Gasteiger partial charge in [-0.15, -0.1) is 0 Å². The van der Waals surface area contributed by atoms with Crippen molar-refractivity contribution in [3.8, 4) is 0 Å². The molecule has 0 radical (unpaired) electrons. The lowest BCUT2D eigenvalue weighted by Gasteiger charge is -2.16. The van der Waals surface area contributed by atoms with Crippen LogP contribution in [-0.4, -0.2) is 17.3 Å². The molecule has 3 nitrogen and oxygen atoms in total. The van der Waals surface area contributed by atoms with Gasteiger partial charge in [-0.2, -0.15) is 0 Å². The Kier molecular flexibility index (Phi) is 1.30. The molecule has 1 aliphatic rings. The average molecular weight is 111 g/mol. The van der Waals surface area contributed by atoms with E-state index in [1.54, 1.807) is 6.20 Å². The van der Waals surface area contributed by atoms with E-state index in [4.69, 9.17) is 11.3 Å². The maximum absolute atomic E-state index is 7.15. The van der Waals surface area contributed by atoms with Crippen LogP contribution in [0.15, 0.2) is 12.3 Å². The predicted molar refractivity (Wildman–Crippen MR) is 32.4 cm³/mol. The minimum atomic E-state index is 0.580. The van der Waals surface area contributed by atoms with E-state index in [1.807, 2.05) is 6.08 Å². The van der Waals surface area contributed by atoms with Crippen LogP contribution < -0.4 is 5.84 Å². The van der Waals surface area contributed by atoms with Crippen molar-refractivity contribution in [2.45, 2.75) is 6.42 Å². The van der Waals surface area contributed by atoms with Crippen LogP contribution in [-0.2, 0) is 0 Å². The van der Waals surface area contributed by atoms with Crippen LogP contribution in [0.25, 0.3) is 0 Å². The highest BCUT2D eigenvalue weighted by molar-refractivity contribution is 5.85. The Bertz CT molecular complexity index is 128. The average Bonchev–Trinajstić information content (AvgIpc) is 1.64. The summed E-state index contributed by atoms with van der Waals surface area (Å²) < 4.78 is 0. The van der Waals surface area contributed by atoms with Crippen molar-refractivity contribution in [2.24, 2.45) is 5.84 Å². The number of nitrogens with zero attached hydrogens (tertiary/aromatic N) is 1. The van der Waals surface area contributed by atoms with Crippen molar-refractivity contribution in [1.29, 1.82) is 5.41 Å². The molecule has 0 saturated carbocycles. The minimum Gasteiger partial charge on any atom is -0.313 e. The Morgan fingerprint density at radius 3 is 2.88 bits per heavy atom. The second kappa shape index (κ2) is 1.96. The first-order valence-electron chi connectivity index (χ1n) is 2.53. The van der Waals surface area contributed by atoms with Crippen molar-refractivity contribution < 1.29 is 0 Å². The van der Waals surface area contributed by atoms with Gasteiger partial charge in [0.2, 0.25) is 0 Å². The molecule has 0 amide bonds. The van der Waals surface area contributed by atoms with Crippen molar-refractivity contribution in [2.75, 3.05) is 6.54 Å². The molecular weight excluding hydrogens is 102 g/mol. The summed E-state index contributed by atoms with van der Waals surface area (Å²) in [5, 5.41) is 8.65. The van der Waals surface area contributed by atoms with Crippen molar-refractivity contribution in [3.63, 3.8) is 0 Å². The van der Waals surface area contributed by atoms with Crippen LogP contribution in [0.5, 0.6) is 0 Å². The number of hydrogen-bond acceptors (Lipinski definition) is 3. The largest absolute Gasteiger partial charge is 0.313 e. The fourth-order valence-electron chi connectivity index (χ4n) is 0.668. The SMILES string of the molecule is N=C1CC=CN(N)C1. The summed E-state index contributed by atoms with van der Waals surface area (Å²) in [7, 11) is 0. The smallest absolute Gasteiger partial charge is 0.0714 e. The lowest BCUT2D eigenvalue weighted by molar-refractivity contribution is 0.440. The third kappa shape index (κ3) is 1.07. The summed E-state index contributed by atoms with van der Waals surface area (Å²) in [6.45, 7) is 0.580. The summed E-state index contributed by atoms with van der Waals surface area (Å²) >= 11 is 0. The molecule has 0 saturated heterocycles. The summed E-state index contributed by atoms with van der Waals surface area (Å²) in [4.78, 5) is 0. The van der Waals surface area contributed by atoms with Crippen molar-refractivity contribution in [1.82, 2.24) is 5.01 Å².